The van der Waals surface area contributed by atoms with Crippen LogP contribution in [0.15, 0.2) is 24.7 Å². The predicted octanol–water partition coefficient (Wildman–Crippen LogP) is 0.461. The van der Waals surface area contributed by atoms with Gasteiger partial charge in [0.1, 0.15) is 17.5 Å². The van der Waals surface area contributed by atoms with Crippen LogP contribution in [0.1, 0.15) is 23.9 Å². The Balaban J connectivity index is 1.75. The van der Waals surface area contributed by atoms with E-state index in [0.29, 0.717) is 17.5 Å². The maximum absolute atomic E-state index is 9.35. The Morgan fingerprint density at radius 1 is 1.25 bits per heavy atom. The van der Waals surface area contributed by atoms with Crippen molar-refractivity contribution < 1.29 is 10.2 Å². The zero-order chi connectivity index (χ0) is 16.9. The molecule has 1 unspecified atom stereocenters. The lowest BCUT2D eigenvalue weighted by atomic mass is 10.0. The molecule has 0 bridgehead atoms. The third-order valence-electron chi connectivity index (χ3n) is 4.25. The Kier molecular flexibility index (Phi) is 5.29. The third kappa shape index (κ3) is 3.84. The molecule has 0 aliphatic carbocycles. The molecule has 0 radical (unpaired) electrons. The fraction of sp³-hybridized carbons (Fsp3) is 0.500. The Morgan fingerprint density at radius 3 is 2.79 bits per heavy atom. The fourth-order valence-electron chi connectivity index (χ4n) is 3.01. The zero-order valence-electron chi connectivity index (χ0n) is 13.6. The molecule has 0 spiro atoms. The van der Waals surface area contributed by atoms with Crippen LogP contribution in [0, 0.1) is 6.92 Å². The summed E-state index contributed by atoms with van der Waals surface area (Å²) in [4.78, 5) is 19.3. The summed E-state index contributed by atoms with van der Waals surface area (Å²) in [7, 11) is 0. The van der Waals surface area contributed by atoms with Gasteiger partial charge in [-0.2, -0.15) is 0 Å². The highest BCUT2D eigenvalue weighted by Crippen LogP contribution is 2.28. The van der Waals surface area contributed by atoms with Crippen molar-refractivity contribution in [3.8, 4) is 0 Å². The smallest absolute Gasteiger partial charge is 0.150 e. The maximum Gasteiger partial charge on any atom is 0.150 e. The van der Waals surface area contributed by atoms with Crippen LogP contribution in [0.25, 0.3) is 0 Å². The van der Waals surface area contributed by atoms with Crippen molar-refractivity contribution in [3.63, 3.8) is 0 Å². The van der Waals surface area contributed by atoms with E-state index in [1.54, 1.807) is 18.6 Å². The first-order valence-corrected chi connectivity index (χ1v) is 8.04. The molecule has 3 rings (SSSR count). The van der Waals surface area contributed by atoms with E-state index in [1.165, 1.54) is 0 Å². The van der Waals surface area contributed by atoms with Gasteiger partial charge in [-0.05, 0) is 19.9 Å². The third-order valence-corrected chi connectivity index (χ3v) is 4.25. The lowest BCUT2D eigenvalue weighted by Crippen LogP contribution is -2.38. The molecule has 1 saturated heterocycles. The monoisotopic (exact) mass is 330 g/mol. The summed E-state index contributed by atoms with van der Waals surface area (Å²) >= 11 is 0. The average Bonchev–Trinajstić information content (AvgIpc) is 3.06. The number of anilines is 2. The molecule has 1 fully saturated rings. The number of aliphatic hydroxyl groups excluding tert-OH is 2. The first-order chi connectivity index (χ1) is 11.7. The van der Waals surface area contributed by atoms with Gasteiger partial charge in [0.25, 0.3) is 0 Å². The molecule has 0 amide bonds. The van der Waals surface area contributed by atoms with Gasteiger partial charge in [0, 0.05) is 30.9 Å². The number of aryl methyl sites for hydroxylation is 1. The minimum absolute atomic E-state index is 0.0362. The number of aromatic nitrogens is 4. The number of hydrogen-bond donors (Lipinski definition) is 3. The van der Waals surface area contributed by atoms with E-state index in [1.807, 2.05) is 13.0 Å². The molecule has 1 atom stereocenters. The van der Waals surface area contributed by atoms with Crippen molar-refractivity contribution in [1.82, 2.24) is 24.8 Å². The molecule has 3 heterocycles. The van der Waals surface area contributed by atoms with E-state index in [9.17, 15) is 10.2 Å². The second-order valence-electron chi connectivity index (χ2n) is 5.94. The largest absolute Gasteiger partial charge is 0.395 e. The van der Waals surface area contributed by atoms with E-state index in [2.05, 4.69) is 30.2 Å². The highest BCUT2D eigenvalue weighted by atomic mass is 16.3. The quantitative estimate of drug-likeness (QED) is 0.701. The normalized spacial score (nSPS) is 18.2. The average molecular weight is 330 g/mol. The van der Waals surface area contributed by atoms with Crippen LogP contribution in [0.4, 0.5) is 11.6 Å². The van der Waals surface area contributed by atoms with Crippen molar-refractivity contribution >= 4 is 11.6 Å². The van der Waals surface area contributed by atoms with Gasteiger partial charge in [-0.1, -0.05) is 0 Å². The van der Waals surface area contributed by atoms with Crippen LogP contribution >= 0.6 is 0 Å². The van der Waals surface area contributed by atoms with E-state index < -0.39 is 0 Å². The van der Waals surface area contributed by atoms with Crippen molar-refractivity contribution in [2.75, 3.05) is 31.6 Å². The second-order valence-corrected chi connectivity index (χ2v) is 5.94. The first kappa shape index (κ1) is 16.7. The summed E-state index contributed by atoms with van der Waals surface area (Å²) in [6, 6.07) is 1.73. The van der Waals surface area contributed by atoms with E-state index in [-0.39, 0.29) is 25.2 Å². The summed E-state index contributed by atoms with van der Waals surface area (Å²) in [5.41, 5.74) is 0.964. The summed E-state index contributed by atoms with van der Waals surface area (Å²) in [6.07, 6.45) is 5.82. The van der Waals surface area contributed by atoms with Gasteiger partial charge in [-0.25, -0.2) is 15.0 Å². The molecule has 2 aromatic heterocycles. The van der Waals surface area contributed by atoms with Crippen LogP contribution in [0.2, 0.25) is 0 Å². The highest BCUT2D eigenvalue weighted by molar-refractivity contribution is 5.50. The van der Waals surface area contributed by atoms with Gasteiger partial charge in [-0.15, -0.1) is 0 Å². The Bertz CT molecular complexity index is 665. The van der Waals surface area contributed by atoms with Gasteiger partial charge in [0.05, 0.1) is 31.1 Å². The number of hydrogen-bond acceptors (Lipinski definition) is 8. The molecule has 2 aromatic rings. The first-order valence-electron chi connectivity index (χ1n) is 8.04. The molecule has 1 aliphatic rings. The van der Waals surface area contributed by atoms with Crippen molar-refractivity contribution in [2.24, 2.45) is 0 Å². The summed E-state index contributed by atoms with van der Waals surface area (Å²) in [5.74, 6) is 2.28. The molecule has 1 aliphatic heterocycles. The lowest BCUT2D eigenvalue weighted by molar-refractivity contribution is 0.0896. The Morgan fingerprint density at radius 2 is 2.08 bits per heavy atom. The van der Waals surface area contributed by atoms with Crippen LogP contribution in [0.3, 0.4) is 0 Å². The van der Waals surface area contributed by atoms with Gasteiger partial charge < -0.3 is 15.5 Å². The second kappa shape index (κ2) is 7.61. The molecule has 3 N–H and O–H groups in total. The van der Waals surface area contributed by atoms with Gasteiger partial charge in [0.2, 0.25) is 0 Å². The number of nitrogens with one attached hydrogen (secondary N) is 1. The molecular formula is C16H22N6O2. The Hall–Kier alpha value is -2.16. The molecule has 24 heavy (non-hydrogen) atoms. The number of likely N-dealkylation sites (tertiary alicyclic amines) is 1. The van der Waals surface area contributed by atoms with E-state index in [0.717, 1.165) is 25.2 Å². The number of nitrogens with zero attached hydrogens (tertiary/aromatic N) is 5. The van der Waals surface area contributed by atoms with Crippen molar-refractivity contribution in [1.29, 1.82) is 0 Å². The fourth-order valence-corrected chi connectivity index (χ4v) is 3.01. The predicted molar refractivity (Wildman–Crippen MR) is 89.0 cm³/mol. The van der Waals surface area contributed by atoms with Crippen LogP contribution < -0.4 is 5.32 Å². The molecule has 128 valence electrons. The summed E-state index contributed by atoms with van der Waals surface area (Å²) in [5, 5.41) is 21.8. The molecule has 0 aromatic carbocycles. The molecule has 8 heteroatoms. The molecular weight excluding hydrogens is 308 g/mol. The topological polar surface area (TPSA) is 107 Å². The zero-order valence-corrected chi connectivity index (χ0v) is 13.6. The number of aliphatic hydroxyl groups is 2. The SMILES string of the molecule is Cc1nc(Nc2cnccn2)cc(C2CCN(C(CO)CO)C2)n1. The van der Waals surface area contributed by atoms with Gasteiger partial charge >= 0.3 is 0 Å². The van der Waals surface area contributed by atoms with Gasteiger partial charge in [0.15, 0.2) is 0 Å². The molecule has 0 saturated carbocycles. The number of rotatable bonds is 6. The van der Waals surface area contributed by atoms with Crippen LogP contribution in [0.5, 0.6) is 0 Å². The van der Waals surface area contributed by atoms with Crippen LogP contribution in [-0.2, 0) is 0 Å². The minimum Gasteiger partial charge on any atom is -0.395 e. The standard InChI is InChI=1S/C16H22N6O2/c1-11-19-14(12-2-5-22(8-12)13(9-23)10-24)6-15(20-11)21-16-7-17-3-4-18-16/h3-4,6-7,12-13,23-24H,2,5,8-10H2,1H3,(H,18,19,20,21). The molecule has 8 nitrogen and oxygen atoms in total. The van der Waals surface area contributed by atoms with E-state index >= 15 is 0 Å². The summed E-state index contributed by atoms with van der Waals surface area (Å²) < 4.78 is 0. The lowest BCUT2D eigenvalue weighted by Gasteiger charge is -2.24. The van der Waals surface area contributed by atoms with Crippen molar-refractivity contribution in [3.05, 3.63) is 36.2 Å². The van der Waals surface area contributed by atoms with E-state index in [4.69, 9.17) is 0 Å². The van der Waals surface area contributed by atoms with Crippen LogP contribution in [-0.4, -0.2) is 67.4 Å². The Labute approximate surface area is 140 Å². The minimum atomic E-state index is -0.199. The maximum atomic E-state index is 9.35. The van der Waals surface area contributed by atoms with Gasteiger partial charge in [-0.3, -0.25) is 9.88 Å². The van der Waals surface area contributed by atoms with Crippen molar-refractivity contribution in [2.45, 2.75) is 25.3 Å². The highest BCUT2D eigenvalue weighted by Gasteiger charge is 2.29. The summed E-state index contributed by atoms with van der Waals surface area (Å²) in [6.45, 7) is 3.40.